The van der Waals surface area contributed by atoms with E-state index in [1.165, 1.54) is 0 Å². The summed E-state index contributed by atoms with van der Waals surface area (Å²) in [5.41, 5.74) is -1.98. The molecule has 1 fully saturated rings. The van der Waals surface area contributed by atoms with Crippen molar-refractivity contribution in [3.05, 3.63) is 35.9 Å². The van der Waals surface area contributed by atoms with Crippen molar-refractivity contribution in [3.8, 4) is 0 Å². The molecule has 0 heterocycles. The summed E-state index contributed by atoms with van der Waals surface area (Å²) in [5.74, 6) is -0.488. The molecule has 0 spiro atoms. The number of aliphatic hydroxyl groups is 2. The molecule has 4 nitrogen and oxygen atoms in total. The van der Waals surface area contributed by atoms with Crippen molar-refractivity contribution >= 4 is 5.97 Å². The van der Waals surface area contributed by atoms with Crippen molar-refractivity contribution in [2.75, 3.05) is 0 Å². The van der Waals surface area contributed by atoms with Crippen LogP contribution >= 0.6 is 0 Å². The molecule has 4 heteroatoms. The molecule has 0 saturated heterocycles. The Balaban J connectivity index is 2.23. The van der Waals surface area contributed by atoms with E-state index in [2.05, 4.69) is 6.92 Å². The van der Waals surface area contributed by atoms with Gasteiger partial charge in [0, 0.05) is 0 Å². The minimum atomic E-state index is -1.21. The third kappa shape index (κ3) is 3.18. The van der Waals surface area contributed by atoms with Gasteiger partial charge in [0.1, 0.15) is 5.60 Å². The van der Waals surface area contributed by atoms with Crippen LogP contribution in [0.4, 0.5) is 0 Å². The first-order valence-electron chi connectivity index (χ1n) is 8.12. The van der Waals surface area contributed by atoms with Crippen molar-refractivity contribution in [1.82, 2.24) is 0 Å². The third-order valence-corrected chi connectivity index (χ3v) is 4.79. The largest absolute Gasteiger partial charge is 0.450 e. The number of rotatable bonds is 6. The lowest BCUT2D eigenvalue weighted by atomic mass is 9.81. The maximum absolute atomic E-state index is 12.4. The molecular weight excluding hydrogens is 280 g/mol. The summed E-state index contributed by atoms with van der Waals surface area (Å²) in [7, 11) is 0. The van der Waals surface area contributed by atoms with Crippen molar-refractivity contribution < 1.29 is 19.7 Å². The lowest BCUT2D eigenvalue weighted by Gasteiger charge is -2.41. The maximum atomic E-state index is 12.4. The number of aliphatic hydroxyl groups excluding tert-OH is 1. The Kier molecular flexibility index (Phi) is 5.24. The third-order valence-electron chi connectivity index (χ3n) is 4.79. The quantitative estimate of drug-likeness (QED) is 0.626. The molecule has 0 amide bonds. The van der Waals surface area contributed by atoms with Crippen LogP contribution in [0.1, 0.15) is 62.7 Å². The Morgan fingerprint density at radius 2 is 2.00 bits per heavy atom. The van der Waals surface area contributed by atoms with Gasteiger partial charge in [0.05, 0.1) is 11.7 Å². The van der Waals surface area contributed by atoms with Crippen LogP contribution in [0, 0.1) is 0 Å². The summed E-state index contributed by atoms with van der Waals surface area (Å²) in [6.07, 6.45) is 3.35. The van der Waals surface area contributed by atoms with Crippen molar-refractivity contribution in [3.63, 3.8) is 0 Å². The fourth-order valence-corrected chi connectivity index (χ4v) is 3.32. The van der Waals surface area contributed by atoms with Gasteiger partial charge in [0.25, 0.3) is 0 Å². The Morgan fingerprint density at radius 1 is 1.32 bits per heavy atom. The van der Waals surface area contributed by atoms with Gasteiger partial charge in [0.15, 0.2) is 5.60 Å². The van der Waals surface area contributed by atoms with E-state index >= 15 is 0 Å². The van der Waals surface area contributed by atoms with Gasteiger partial charge in [-0.15, -0.1) is 0 Å². The summed E-state index contributed by atoms with van der Waals surface area (Å²) in [6, 6.07) is 8.72. The van der Waals surface area contributed by atoms with Gasteiger partial charge in [-0.3, -0.25) is 0 Å². The molecule has 1 aliphatic carbocycles. The number of unbranched alkanes of at least 4 members (excludes halogenated alkanes) is 2. The lowest BCUT2D eigenvalue weighted by molar-refractivity contribution is -0.168. The highest BCUT2D eigenvalue weighted by molar-refractivity contribution is 5.89. The average Bonchev–Trinajstić information content (AvgIpc) is 2.72. The van der Waals surface area contributed by atoms with Crippen LogP contribution in [-0.2, 0) is 4.74 Å². The minimum Gasteiger partial charge on any atom is -0.450 e. The van der Waals surface area contributed by atoms with E-state index in [1.54, 1.807) is 31.2 Å². The molecule has 0 radical (unpaired) electrons. The summed E-state index contributed by atoms with van der Waals surface area (Å²) < 4.78 is 5.72. The van der Waals surface area contributed by atoms with Crippen LogP contribution in [0.25, 0.3) is 0 Å². The topological polar surface area (TPSA) is 66.8 Å². The molecule has 1 aromatic carbocycles. The number of ether oxygens (including phenoxy) is 1. The number of carbonyl (C=O) groups is 1. The van der Waals surface area contributed by atoms with Gasteiger partial charge < -0.3 is 14.9 Å². The number of esters is 1. The zero-order valence-electron chi connectivity index (χ0n) is 13.4. The van der Waals surface area contributed by atoms with Crippen molar-refractivity contribution in [1.29, 1.82) is 0 Å². The standard InChI is InChI=1S/C18H26O4/c1-3-4-8-12-18(15(19)11-13-17(18,2)21)22-16(20)14-9-6-5-7-10-14/h5-7,9-10,15,19,21H,3-4,8,11-13H2,1-2H3/t15-,17-,18-/m0/s1. The highest BCUT2D eigenvalue weighted by atomic mass is 16.6. The maximum Gasteiger partial charge on any atom is 0.338 e. The number of hydrogen-bond acceptors (Lipinski definition) is 4. The molecule has 2 rings (SSSR count). The van der Waals surface area contributed by atoms with E-state index in [0.29, 0.717) is 24.8 Å². The Bertz CT molecular complexity index is 497. The summed E-state index contributed by atoms with van der Waals surface area (Å²) >= 11 is 0. The summed E-state index contributed by atoms with van der Waals surface area (Å²) in [5, 5.41) is 21.2. The van der Waals surface area contributed by atoms with E-state index in [9.17, 15) is 15.0 Å². The molecule has 1 aromatic rings. The predicted molar refractivity (Wildman–Crippen MR) is 84.6 cm³/mol. The van der Waals surface area contributed by atoms with E-state index in [0.717, 1.165) is 19.3 Å². The van der Waals surface area contributed by atoms with Crippen molar-refractivity contribution in [2.45, 2.75) is 69.7 Å². The molecule has 0 aromatic heterocycles. The monoisotopic (exact) mass is 306 g/mol. The molecule has 22 heavy (non-hydrogen) atoms. The van der Waals surface area contributed by atoms with Crippen LogP contribution in [0.15, 0.2) is 30.3 Å². The van der Waals surface area contributed by atoms with E-state index in [-0.39, 0.29) is 0 Å². The van der Waals surface area contributed by atoms with Gasteiger partial charge in [0.2, 0.25) is 0 Å². The SMILES string of the molecule is CCCCC[C@]1(OC(=O)c2ccccc2)[C@@H](O)CC[C@]1(C)O. The Labute approximate surface area is 132 Å². The number of benzene rings is 1. The smallest absolute Gasteiger partial charge is 0.338 e. The predicted octanol–water partition coefficient (Wildman–Crippen LogP) is 3.07. The normalized spacial score (nSPS) is 31.2. The zero-order chi connectivity index (χ0) is 16.2. The van der Waals surface area contributed by atoms with Gasteiger partial charge >= 0.3 is 5.97 Å². The molecule has 122 valence electrons. The fraction of sp³-hybridized carbons (Fsp3) is 0.611. The van der Waals surface area contributed by atoms with E-state index in [4.69, 9.17) is 4.74 Å². The molecule has 0 unspecified atom stereocenters. The van der Waals surface area contributed by atoms with Gasteiger partial charge in [-0.2, -0.15) is 0 Å². The van der Waals surface area contributed by atoms with Crippen LogP contribution in [0.2, 0.25) is 0 Å². The first-order chi connectivity index (χ1) is 10.4. The molecular formula is C18H26O4. The molecule has 0 aliphatic heterocycles. The summed E-state index contributed by atoms with van der Waals surface area (Å²) in [6.45, 7) is 3.75. The second-order valence-electron chi connectivity index (χ2n) is 6.43. The average molecular weight is 306 g/mol. The van der Waals surface area contributed by atoms with E-state index in [1.807, 2.05) is 6.07 Å². The zero-order valence-corrected chi connectivity index (χ0v) is 13.4. The highest BCUT2D eigenvalue weighted by Crippen LogP contribution is 2.46. The molecule has 1 saturated carbocycles. The second-order valence-corrected chi connectivity index (χ2v) is 6.43. The molecule has 3 atom stereocenters. The first-order valence-corrected chi connectivity index (χ1v) is 8.12. The van der Waals surface area contributed by atoms with E-state index < -0.39 is 23.3 Å². The van der Waals surface area contributed by atoms with Gasteiger partial charge in [-0.05, 0) is 44.7 Å². The second kappa shape index (κ2) is 6.80. The first kappa shape index (κ1) is 17.0. The molecule has 0 bridgehead atoms. The Hall–Kier alpha value is -1.39. The Morgan fingerprint density at radius 3 is 2.55 bits per heavy atom. The lowest BCUT2D eigenvalue weighted by Crippen LogP contribution is -2.56. The van der Waals surface area contributed by atoms with Crippen LogP contribution in [0.5, 0.6) is 0 Å². The summed E-state index contributed by atoms with van der Waals surface area (Å²) in [4.78, 5) is 12.4. The van der Waals surface area contributed by atoms with Crippen molar-refractivity contribution in [2.24, 2.45) is 0 Å². The van der Waals surface area contributed by atoms with Crippen LogP contribution in [-0.4, -0.2) is 33.5 Å². The van der Waals surface area contributed by atoms with Gasteiger partial charge in [-0.1, -0.05) is 38.0 Å². The fourth-order valence-electron chi connectivity index (χ4n) is 3.32. The van der Waals surface area contributed by atoms with Crippen LogP contribution < -0.4 is 0 Å². The number of hydrogen-bond donors (Lipinski definition) is 2. The van der Waals surface area contributed by atoms with Crippen LogP contribution in [0.3, 0.4) is 0 Å². The molecule has 1 aliphatic rings. The minimum absolute atomic E-state index is 0.433. The molecule has 2 N–H and O–H groups in total. The highest BCUT2D eigenvalue weighted by Gasteiger charge is 2.59. The van der Waals surface area contributed by atoms with Gasteiger partial charge in [-0.25, -0.2) is 4.79 Å². The number of carbonyl (C=O) groups excluding carboxylic acids is 1.